The van der Waals surface area contributed by atoms with Crippen LogP contribution in [0.2, 0.25) is 0 Å². The van der Waals surface area contributed by atoms with E-state index in [9.17, 15) is 9.59 Å². The molecular weight excluding hydrogens is 240 g/mol. The van der Waals surface area contributed by atoms with E-state index in [0.717, 1.165) is 32.0 Å². The van der Waals surface area contributed by atoms with E-state index in [2.05, 4.69) is 4.90 Å². The average molecular weight is 262 g/mol. The second-order valence-corrected chi connectivity index (χ2v) is 7.00. The Bertz CT molecular complexity index is 414. The Hall–Kier alpha value is -1.06. The van der Waals surface area contributed by atoms with Crippen LogP contribution in [0.5, 0.6) is 0 Å². The van der Waals surface area contributed by atoms with Crippen molar-refractivity contribution >= 4 is 11.8 Å². The first-order chi connectivity index (χ1) is 9.20. The Morgan fingerprint density at radius 2 is 1.79 bits per heavy atom. The molecule has 2 aliphatic heterocycles. The summed E-state index contributed by atoms with van der Waals surface area (Å²) in [5, 5.41) is 0. The van der Waals surface area contributed by atoms with Crippen LogP contribution in [0, 0.1) is 23.7 Å². The number of hydrogen-bond acceptors (Lipinski definition) is 2. The summed E-state index contributed by atoms with van der Waals surface area (Å²) in [7, 11) is 0. The number of fused-ring (bicyclic) bond motifs is 1. The third kappa shape index (κ3) is 2.26. The van der Waals surface area contributed by atoms with Crippen LogP contribution in [0.4, 0.5) is 0 Å². The second kappa shape index (κ2) is 4.22. The van der Waals surface area contributed by atoms with Crippen molar-refractivity contribution in [2.75, 3.05) is 26.2 Å². The molecule has 4 rings (SSSR count). The lowest BCUT2D eigenvalue weighted by molar-refractivity contribution is -0.133. The molecular formula is C15H22N2O2. The van der Waals surface area contributed by atoms with E-state index >= 15 is 0 Å². The fourth-order valence-corrected chi connectivity index (χ4v) is 3.62. The molecule has 4 fully saturated rings. The molecule has 4 heteroatoms. The van der Waals surface area contributed by atoms with Gasteiger partial charge in [0.05, 0.1) is 5.92 Å². The van der Waals surface area contributed by atoms with Crippen molar-refractivity contribution in [3.63, 3.8) is 0 Å². The predicted octanol–water partition coefficient (Wildman–Crippen LogP) is 1.11. The average Bonchev–Trinajstić information content (AvgIpc) is 3.27. The molecule has 4 nitrogen and oxygen atoms in total. The van der Waals surface area contributed by atoms with Crippen molar-refractivity contribution in [1.29, 1.82) is 0 Å². The van der Waals surface area contributed by atoms with Gasteiger partial charge in [0.15, 0.2) is 0 Å². The molecule has 2 saturated heterocycles. The third-order valence-corrected chi connectivity index (χ3v) is 5.21. The van der Waals surface area contributed by atoms with Gasteiger partial charge in [0.25, 0.3) is 0 Å². The molecule has 0 bridgehead atoms. The minimum atomic E-state index is 0.113. The maximum absolute atomic E-state index is 12.3. The number of hydrogen-bond donors (Lipinski definition) is 0. The fraction of sp³-hybridized carbons (Fsp3) is 0.867. The zero-order chi connectivity index (χ0) is 13.0. The van der Waals surface area contributed by atoms with Gasteiger partial charge in [0.2, 0.25) is 11.8 Å². The number of carbonyl (C=O) groups is 2. The van der Waals surface area contributed by atoms with Crippen LogP contribution in [0.25, 0.3) is 0 Å². The van der Waals surface area contributed by atoms with E-state index in [1.54, 1.807) is 0 Å². The number of likely N-dealkylation sites (tertiary alicyclic amines) is 2. The van der Waals surface area contributed by atoms with Crippen molar-refractivity contribution < 1.29 is 9.59 Å². The molecule has 0 N–H and O–H groups in total. The fourth-order valence-electron chi connectivity index (χ4n) is 3.62. The number of carbonyl (C=O) groups excluding carboxylic acids is 2. The van der Waals surface area contributed by atoms with Crippen LogP contribution in [-0.2, 0) is 9.59 Å². The molecule has 4 aliphatic rings. The Balaban J connectivity index is 1.35. The zero-order valence-corrected chi connectivity index (χ0v) is 11.4. The maximum Gasteiger partial charge on any atom is 0.227 e. The van der Waals surface area contributed by atoms with Gasteiger partial charge in [-0.1, -0.05) is 0 Å². The summed E-state index contributed by atoms with van der Waals surface area (Å²) in [6.45, 7) is 3.38. The number of nitrogens with zero attached hydrogens (tertiary/aromatic N) is 2. The lowest BCUT2D eigenvalue weighted by atomic mass is 10.0. The summed E-state index contributed by atoms with van der Waals surface area (Å²) in [5.41, 5.74) is 0. The first-order valence-electron chi connectivity index (χ1n) is 7.77. The number of amides is 2. The summed E-state index contributed by atoms with van der Waals surface area (Å²) < 4.78 is 0. The Kier molecular flexibility index (Phi) is 2.61. The van der Waals surface area contributed by atoms with Crippen LogP contribution in [0.1, 0.15) is 32.1 Å². The molecule has 19 heavy (non-hydrogen) atoms. The molecule has 2 saturated carbocycles. The van der Waals surface area contributed by atoms with Crippen molar-refractivity contribution in [3.05, 3.63) is 0 Å². The third-order valence-electron chi connectivity index (χ3n) is 5.21. The molecule has 0 aromatic rings. The summed E-state index contributed by atoms with van der Waals surface area (Å²) in [6, 6.07) is 0. The van der Waals surface area contributed by atoms with Gasteiger partial charge in [-0.2, -0.15) is 0 Å². The summed E-state index contributed by atoms with van der Waals surface area (Å²) in [6.07, 6.45) is 5.76. The summed E-state index contributed by atoms with van der Waals surface area (Å²) in [5.74, 6) is 2.55. The number of rotatable bonds is 4. The van der Waals surface area contributed by atoms with E-state index in [4.69, 9.17) is 0 Å². The Morgan fingerprint density at radius 1 is 1.05 bits per heavy atom. The van der Waals surface area contributed by atoms with E-state index in [1.807, 2.05) is 4.90 Å². The van der Waals surface area contributed by atoms with Gasteiger partial charge in [-0.3, -0.25) is 9.59 Å². The molecule has 2 amide bonds. The van der Waals surface area contributed by atoms with Gasteiger partial charge in [0.1, 0.15) is 0 Å². The van der Waals surface area contributed by atoms with Crippen LogP contribution in [0.3, 0.4) is 0 Å². The maximum atomic E-state index is 12.3. The molecule has 2 atom stereocenters. The molecule has 0 radical (unpaired) electrons. The van der Waals surface area contributed by atoms with Gasteiger partial charge in [-0.25, -0.2) is 0 Å². The normalized spacial score (nSPS) is 34.0. The molecule has 0 unspecified atom stereocenters. The summed E-state index contributed by atoms with van der Waals surface area (Å²) >= 11 is 0. The van der Waals surface area contributed by atoms with Gasteiger partial charge in [-0.05, 0) is 37.5 Å². The quantitative estimate of drug-likeness (QED) is 0.761. The van der Waals surface area contributed by atoms with E-state index in [-0.39, 0.29) is 5.92 Å². The topological polar surface area (TPSA) is 40.6 Å². The minimum absolute atomic E-state index is 0.113. The molecule has 2 heterocycles. The highest BCUT2D eigenvalue weighted by Gasteiger charge is 2.48. The van der Waals surface area contributed by atoms with Crippen molar-refractivity contribution in [2.24, 2.45) is 23.7 Å². The molecule has 0 aromatic heterocycles. The lowest BCUT2D eigenvalue weighted by Crippen LogP contribution is -2.36. The largest absolute Gasteiger partial charge is 0.342 e. The second-order valence-electron chi connectivity index (χ2n) is 7.00. The molecule has 104 valence electrons. The van der Waals surface area contributed by atoms with E-state index in [1.165, 1.54) is 25.7 Å². The highest BCUT2D eigenvalue weighted by atomic mass is 16.2. The van der Waals surface area contributed by atoms with Gasteiger partial charge in [0, 0.05) is 38.5 Å². The standard InChI is InChI=1S/C15H22N2O2/c18-14(5-10-1-2-10)16-7-12-8-17(6-11-3-4-11)15(19)13(12)9-16/h10-13H,1-9H2/t12-,13-/m1/s1. The monoisotopic (exact) mass is 262 g/mol. The van der Waals surface area contributed by atoms with Gasteiger partial charge in [-0.15, -0.1) is 0 Å². The van der Waals surface area contributed by atoms with Crippen LogP contribution >= 0.6 is 0 Å². The summed E-state index contributed by atoms with van der Waals surface area (Å²) in [4.78, 5) is 28.5. The van der Waals surface area contributed by atoms with E-state index < -0.39 is 0 Å². The van der Waals surface area contributed by atoms with Crippen LogP contribution in [0.15, 0.2) is 0 Å². The smallest absolute Gasteiger partial charge is 0.227 e. The zero-order valence-electron chi connectivity index (χ0n) is 11.4. The van der Waals surface area contributed by atoms with Crippen molar-refractivity contribution in [2.45, 2.75) is 32.1 Å². The van der Waals surface area contributed by atoms with Crippen LogP contribution < -0.4 is 0 Å². The minimum Gasteiger partial charge on any atom is -0.342 e. The predicted molar refractivity (Wildman–Crippen MR) is 70.2 cm³/mol. The SMILES string of the molecule is O=C(CC1CC1)N1C[C@@H]2CN(CC3CC3)C(=O)[C@@H]2C1. The van der Waals surface area contributed by atoms with Crippen molar-refractivity contribution in [3.8, 4) is 0 Å². The highest BCUT2D eigenvalue weighted by molar-refractivity contribution is 5.84. The van der Waals surface area contributed by atoms with Crippen LogP contribution in [-0.4, -0.2) is 47.8 Å². The van der Waals surface area contributed by atoms with Crippen molar-refractivity contribution in [1.82, 2.24) is 9.80 Å². The Morgan fingerprint density at radius 3 is 2.42 bits per heavy atom. The highest BCUT2D eigenvalue weighted by Crippen LogP contribution is 2.38. The van der Waals surface area contributed by atoms with E-state index in [0.29, 0.717) is 30.2 Å². The van der Waals surface area contributed by atoms with Gasteiger partial charge >= 0.3 is 0 Å². The first-order valence-corrected chi connectivity index (χ1v) is 7.77. The Labute approximate surface area is 114 Å². The molecule has 0 aromatic carbocycles. The molecule has 0 spiro atoms. The van der Waals surface area contributed by atoms with Gasteiger partial charge < -0.3 is 9.80 Å². The lowest BCUT2D eigenvalue weighted by Gasteiger charge is -2.21. The first kappa shape index (κ1) is 11.7. The molecule has 2 aliphatic carbocycles.